The number of anilines is 1. The number of nitrogens with one attached hydrogen (secondary N) is 1. The number of carbonyl (C=O) groups excluding carboxylic acids is 1. The molecular formula is C18H18ClN3O3S. The highest BCUT2D eigenvalue weighted by Gasteiger charge is 2.21. The number of carbonyl (C=O) groups is 1. The fourth-order valence-corrected chi connectivity index (χ4v) is 4.28. The van der Waals surface area contributed by atoms with Crippen LogP contribution in [0, 0.1) is 6.92 Å². The van der Waals surface area contributed by atoms with Gasteiger partial charge in [0.25, 0.3) is 10.0 Å². The number of aryl methyl sites for hydroxylation is 1. The Kier molecular flexibility index (Phi) is 4.68. The van der Waals surface area contributed by atoms with Crippen LogP contribution in [0.25, 0.3) is 10.9 Å². The second-order valence-electron chi connectivity index (χ2n) is 5.90. The molecule has 0 radical (unpaired) electrons. The van der Waals surface area contributed by atoms with E-state index in [1.54, 1.807) is 49.5 Å². The fraction of sp³-hybridized carbons (Fsp3) is 0.167. The molecule has 0 aliphatic heterocycles. The van der Waals surface area contributed by atoms with Crippen molar-refractivity contribution in [1.29, 1.82) is 0 Å². The zero-order valence-corrected chi connectivity index (χ0v) is 16.1. The summed E-state index contributed by atoms with van der Waals surface area (Å²) < 4.78 is 27.2. The lowest BCUT2D eigenvalue weighted by Gasteiger charge is -2.18. The van der Waals surface area contributed by atoms with Crippen LogP contribution in [-0.4, -0.2) is 32.5 Å². The van der Waals surface area contributed by atoms with Crippen LogP contribution in [0.2, 0.25) is 5.02 Å². The molecule has 3 aromatic rings. The first-order valence-corrected chi connectivity index (χ1v) is 9.66. The van der Waals surface area contributed by atoms with Gasteiger partial charge in [-0.25, -0.2) is 17.2 Å². The Morgan fingerprint density at radius 2 is 1.81 bits per heavy atom. The molecule has 0 saturated carbocycles. The van der Waals surface area contributed by atoms with E-state index in [-0.39, 0.29) is 10.9 Å². The summed E-state index contributed by atoms with van der Waals surface area (Å²) in [6, 6.07) is 11.2. The third-order valence-electron chi connectivity index (χ3n) is 4.19. The van der Waals surface area contributed by atoms with Gasteiger partial charge in [-0.15, -0.1) is 0 Å². The molecule has 0 aliphatic carbocycles. The summed E-state index contributed by atoms with van der Waals surface area (Å²) in [7, 11) is -0.686. The van der Waals surface area contributed by atoms with Gasteiger partial charge in [-0.05, 0) is 37.3 Å². The Labute approximate surface area is 157 Å². The third kappa shape index (κ3) is 3.04. The SMILES string of the molecule is CNC(=O)N(C)c1cc(Cl)c2ccn(S(=O)(=O)c3ccc(C)cc3)c2c1. The van der Waals surface area contributed by atoms with Crippen molar-refractivity contribution >= 4 is 44.2 Å². The third-order valence-corrected chi connectivity index (χ3v) is 6.21. The molecule has 6 nitrogen and oxygen atoms in total. The Morgan fingerprint density at radius 3 is 2.42 bits per heavy atom. The average molecular weight is 392 g/mol. The lowest BCUT2D eigenvalue weighted by atomic mass is 10.2. The summed E-state index contributed by atoms with van der Waals surface area (Å²) in [4.78, 5) is 13.4. The number of urea groups is 1. The van der Waals surface area contributed by atoms with Crippen molar-refractivity contribution in [3.05, 3.63) is 59.2 Å². The number of fused-ring (bicyclic) bond motifs is 1. The van der Waals surface area contributed by atoms with Crippen molar-refractivity contribution in [2.75, 3.05) is 19.0 Å². The van der Waals surface area contributed by atoms with Gasteiger partial charge in [0, 0.05) is 31.4 Å². The summed E-state index contributed by atoms with van der Waals surface area (Å²) in [5.74, 6) is 0. The summed E-state index contributed by atoms with van der Waals surface area (Å²) in [5.41, 5.74) is 1.86. The molecule has 0 saturated heterocycles. The smallest absolute Gasteiger partial charge is 0.321 e. The zero-order chi connectivity index (χ0) is 19.1. The molecule has 1 aromatic heterocycles. The van der Waals surface area contributed by atoms with E-state index in [4.69, 9.17) is 11.6 Å². The maximum absolute atomic E-state index is 13.0. The second kappa shape index (κ2) is 6.66. The number of rotatable bonds is 3. The minimum atomic E-state index is -3.79. The van der Waals surface area contributed by atoms with E-state index < -0.39 is 10.0 Å². The predicted octanol–water partition coefficient (Wildman–Crippen LogP) is 3.62. The first kappa shape index (κ1) is 18.3. The highest BCUT2D eigenvalue weighted by Crippen LogP contribution is 2.32. The summed E-state index contributed by atoms with van der Waals surface area (Å²) >= 11 is 6.32. The van der Waals surface area contributed by atoms with Crippen molar-refractivity contribution in [2.24, 2.45) is 0 Å². The lowest BCUT2D eigenvalue weighted by molar-refractivity contribution is 0.249. The molecule has 1 N–H and O–H groups in total. The molecule has 8 heteroatoms. The summed E-state index contributed by atoms with van der Waals surface area (Å²) in [6.45, 7) is 1.89. The van der Waals surface area contributed by atoms with E-state index in [9.17, 15) is 13.2 Å². The van der Waals surface area contributed by atoms with E-state index in [0.717, 1.165) is 5.56 Å². The lowest BCUT2D eigenvalue weighted by Crippen LogP contribution is -2.34. The van der Waals surface area contributed by atoms with Crippen LogP contribution in [0.15, 0.2) is 53.6 Å². The van der Waals surface area contributed by atoms with Crippen LogP contribution in [-0.2, 0) is 10.0 Å². The minimum absolute atomic E-state index is 0.182. The van der Waals surface area contributed by atoms with E-state index in [2.05, 4.69) is 5.32 Å². The Morgan fingerprint density at radius 1 is 1.15 bits per heavy atom. The molecule has 136 valence electrons. The summed E-state index contributed by atoms with van der Waals surface area (Å²) in [6.07, 6.45) is 1.47. The monoisotopic (exact) mass is 391 g/mol. The predicted molar refractivity (Wildman–Crippen MR) is 104 cm³/mol. The molecule has 0 atom stereocenters. The van der Waals surface area contributed by atoms with Crippen LogP contribution in [0.1, 0.15) is 5.56 Å². The van der Waals surface area contributed by atoms with Gasteiger partial charge in [-0.1, -0.05) is 29.3 Å². The topological polar surface area (TPSA) is 71.4 Å². The molecule has 0 fully saturated rings. The largest absolute Gasteiger partial charge is 0.341 e. The second-order valence-corrected chi connectivity index (χ2v) is 8.13. The minimum Gasteiger partial charge on any atom is -0.341 e. The van der Waals surface area contributed by atoms with Gasteiger partial charge in [0.05, 0.1) is 15.4 Å². The van der Waals surface area contributed by atoms with Crippen LogP contribution in [0.4, 0.5) is 10.5 Å². The van der Waals surface area contributed by atoms with Gasteiger partial charge >= 0.3 is 6.03 Å². The van der Waals surface area contributed by atoms with Gasteiger partial charge in [0.1, 0.15) is 0 Å². The molecule has 0 aliphatic rings. The van der Waals surface area contributed by atoms with Gasteiger partial charge in [-0.3, -0.25) is 4.90 Å². The normalized spacial score (nSPS) is 11.5. The number of nitrogens with zero attached hydrogens (tertiary/aromatic N) is 2. The van der Waals surface area contributed by atoms with Crippen molar-refractivity contribution in [3.8, 4) is 0 Å². The molecule has 3 rings (SSSR count). The van der Waals surface area contributed by atoms with Crippen LogP contribution < -0.4 is 10.2 Å². The molecule has 2 aromatic carbocycles. The fourth-order valence-electron chi connectivity index (χ4n) is 2.67. The van der Waals surface area contributed by atoms with Gasteiger partial charge < -0.3 is 5.32 Å². The molecule has 26 heavy (non-hydrogen) atoms. The van der Waals surface area contributed by atoms with E-state index >= 15 is 0 Å². The number of hydrogen-bond acceptors (Lipinski definition) is 3. The molecule has 0 spiro atoms. The first-order valence-electron chi connectivity index (χ1n) is 7.84. The quantitative estimate of drug-likeness (QED) is 0.741. The Balaban J connectivity index is 2.20. The Bertz CT molecular complexity index is 1090. The molecule has 2 amide bonds. The van der Waals surface area contributed by atoms with E-state index in [0.29, 0.717) is 21.6 Å². The standard InChI is InChI=1S/C18H18ClN3O3S/c1-12-4-6-14(7-5-12)26(24,25)22-9-8-15-16(19)10-13(11-17(15)22)21(3)18(23)20-2/h4-11H,1-3H3,(H,20,23). The molecular weight excluding hydrogens is 374 g/mol. The van der Waals surface area contributed by atoms with Crippen LogP contribution in [0.3, 0.4) is 0 Å². The van der Waals surface area contributed by atoms with Gasteiger partial charge in [0.15, 0.2) is 0 Å². The highest BCUT2D eigenvalue weighted by molar-refractivity contribution is 7.90. The highest BCUT2D eigenvalue weighted by atomic mass is 35.5. The van der Waals surface area contributed by atoms with Crippen LogP contribution in [0.5, 0.6) is 0 Å². The van der Waals surface area contributed by atoms with Crippen molar-refractivity contribution in [2.45, 2.75) is 11.8 Å². The molecule has 1 heterocycles. The van der Waals surface area contributed by atoms with Crippen molar-refractivity contribution < 1.29 is 13.2 Å². The molecule has 0 bridgehead atoms. The molecule has 0 unspecified atom stereocenters. The van der Waals surface area contributed by atoms with E-state index in [1.165, 1.54) is 22.1 Å². The van der Waals surface area contributed by atoms with Crippen molar-refractivity contribution in [3.63, 3.8) is 0 Å². The average Bonchev–Trinajstić information content (AvgIpc) is 3.06. The first-order chi connectivity index (χ1) is 12.3. The number of aromatic nitrogens is 1. The van der Waals surface area contributed by atoms with Crippen LogP contribution >= 0.6 is 11.6 Å². The Hall–Kier alpha value is -2.51. The zero-order valence-electron chi connectivity index (χ0n) is 14.5. The van der Waals surface area contributed by atoms with Crippen molar-refractivity contribution in [1.82, 2.24) is 9.29 Å². The van der Waals surface area contributed by atoms with Gasteiger partial charge in [0.2, 0.25) is 0 Å². The number of benzene rings is 2. The van der Waals surface area contributed by atoms with E-state index in [1.807, 2.05) is 6.92 Å². The van der Waals surface area contributed by atoms with Gasteiger partial charge in [-0.2, -0.15) is 0 Å². The number of halogens is 1. The maximum atomic E-state index is 13.0. The number of hydrogen-bond donors (Lipinski definition) is 1. The summed E-state index contributed by atoms with van der Waals surface area (Å²) in [5, 5.41) is 3.48. The number of amides is 2. The maximum Gasteiger partial charge on any atom is 0.321 e.